The Morgan fingerprint density at radius 1 is 1.16 bits per heavy atom. The Bertz CT molecular complexity index is 978. The molecule has 6 nitrogen and oxygen atoms in total. The molecule has 1 amide bonds. The van der Waals surface area contributed by atoms with Crippen LogP contribution in [0, 0.1) is 24.4 Å². The molecule has 0 bridgehead atoms. The summed E-state index contributed by atoms with van der Waals surface area (Å²) in [5.41, 5.74) is -1.06. The number of hydrogen-bond donors (Lipinski definition) is 3. The molecule has 0 atom stereocenters. The maximum Gasteiger partial charge on any atom is 0.256 e. The molecule has 174 valence electrons. The van der Waals surface area contributed by atoms with E-state index < -0.39 is 34.6 Å². The summed E-state index contributed by atoms with van der Waals surface area (Å²) in [5, 5.41) is 16.3. The minimum atomic E-state index is -1.27. The molecule has 1 saturated heterocycles. The van der Waals surface area contributed by atoms with Crippen molar-refractivity contribution in [2.24, 2.45) is 0 Å². The van der Waals surface area contributed by atoms with Gasteiger partial charge < -0.3 is 25.5 Å². The summed E-state index contributed by atoms with van der Waals surface area (Å²) in [6.45, 7) is 3.79. The normalized spacial score (nSPS) is 15.1. The standard InChI is InChI=1S/C23H29F3N4O2/c1-15-5-8-19(18(25)11-15)28-21-16(6-7-17(24)20(21)26)22(31)30-13-23(32,14-30)12-27-9-4-10-29(2)3/h5-8,11,27-28,32H,4,9-10,12-14H2,1-3H3. The largest absolute Gasteiger partial charge is 0.385 e. The number of hydrogen-bond acceptors (Lipinski definition) is 5. The first-order chi connectivity index (χ1) is 15.1. The van der Waals surface area contributed by atoms with E-state index in [4.69, 9.17) is 0 Å². The van der Waals surface area contributed by atoms with Gasteiger partial charge in [0.2, 0.25) is 0 Å². The van der Waals surface area contributed by atoms with E-state index in [1.54, 1.807) is 13.0 Å². The Hall–Kier alpha value is -2.62. The number of halogens is 3. The predicted octanol–water partition coefficient (Wildman–Crippen LogP) is 2.88. The van der Waals surface area contributed by atoms with Crippen molar-refractivity contribution in [3.63, 3.8) is 0 Å². The molecular formula is C23H29F3N4O2. The van der Waals surface area contributed by atoms with Crippen molar-refractivity contribution in [3.8, 4) is 0 Å². The molecule has 0 aliphatic carbocycles. The van der Waals surface area contributed by atoms with Crippen LogP contribution in [0.2, 0.25) is 0 Å². The number of amides is 1. The summed E-state index contributed by atoms with van der Waals surface area (Å²) in [7, 11) is 3.97. The number of rotatable bonds is 9. The predicted molar refractivity (Wildman–Crippen MR) is 118 cm³/mol. The van der Waals surface area contributed by atoms with Gasteiger partial charge in [0.25, 0.3) is 5.91 Å². The molecule has 1 heterocycles. The molecule has 3 N–H and O–H groups in total. The SMILES string of the molecule is Cc1ccc(Nc2c(C(=O)N3CC(O)(CNCCCN(C)C)C3)ccc(F)c2F)c(F)c1. The van der Waals surface area contributed by atoms with E-state index in [-0.39, 0.29) is 24.3 Å². The molecule has 0 aromatic heterocycles. The first-order valence-electron chi connectivity index (χ1n) is 10.5. The first-order valence-corrected chi connectivity index (χ1v) is 10.5. The van der Waals surface area contributed by atoms with Crippen LogP contribution < -0.4 is 10.6 Å². The number of β-amino-alcohol motifs (C(OH)–C–C–N with tert-alkyl or cyclic N) is 1. The number of aliphatic hydroxyl groups is 1. The highest BCUT2D eigenvalue weighted by atomic mass is 19.2. The van der Waals surface area contributed by atoms with E-state index in [0.717, 1.165) is 31.6 Å². The number of nitrogens with zero attached hydrogens (tertiary/aromatic N) is 2. The van der Waals surface area contributed by atoms with E-state index in [1.807, 2.05) is 14.1 Å². The van der Waals surface area contributed by atoms with Gasteiger partial charge in [-0.3, -0.25) is 4.79 Å². The lowest BCUT2D eigenvalue weighted by molar-refractivity contribution is -0.0784. The summed E-state index contributed by atoms with van der Waals surface area (Å²) < 4.78 is 42.7. The zero-order valence-electron chi connectivity index (χ0n) is 18.5. The van der Waals surface area contributed by atoms with Gasteiger partial charge in [-0.25, -0.2) is 13.2 Å². The molecule has 0 spiro atoms. The summed E-state index contributed by atoms with van der Waals surface area (Å²) in [5.74, 6) is -3.64. The number of aryl methyl sites for hydroxylation is 1. The van der Waals surface area contributed by atoms with Crippen molar-refractivity contribution in [1.29, 1.82) is 0 Å². The van der Waals surface area contributed by atoms with Crippen molar-refractivity contribution in [2.75, 3.05) is 52.1 Å². The third kappa shape index (κ3) is 5.59. The molecule has 0 unspecified atom stereocenters. The Balaban J connectivity index is 1.68. The van der Waals surface area contributed by atoms with Gasteiger partial charge in [-0.05, 0) is 70.4 Å². The van der Waals surface area contributed by atoms with Crippen molar-refractivity contribution in [2.45, 2.75) is 18.9 Å². The van der Waals surface area contributed by atoms with Gasteiger partial charge in [0.15, 0.2) is 11.6 Å². The molecule has 1 fully saturated rings. The fraction of sp³-hybridized carbons (Fsp3) is 0.435. The maximum atomic E-state index is 14.6. The molecule has 3 rings (SSSR count). The van der Waals surface area contributed by atoms with Gasteiger partial charge in [-0.1, -0.05) is 6.07 Å². The van der Waals surface area contributed by atoms with E-state index >= 15 is 0 Å². The molecule has 2 aromatic rings. The Labute approximate surface area is 186 Å². The van der Waals surface area contributed by atoms with Gasteiger partial charge in [-0.2, -0.15) is 0 Å². The van der Waals surface area contributed by atoms with Crippen LogP contribution >= 0.6 is 0 Å². The van der Waals surface area contributed by atoms with Crippen LogP contribution in [0.5, 0.6) is 0 Å². The van der Waals surface area contributed by atoms with E-state index in [9.17, 15) is 23.1 Å². The van der Waals surface area contributed by atoms with E-state index in [1.165, 1.54) is 17.0 Å². The zero-order valence-corrected chi connectivity index (χ0v) is 18.5. The van der Waals surface area contributed by atoms with Crippen LogP contribution in [0.25, 0.3) is 0 Å². The molecule has 1 aliphatic heterocycles. The van der Waals surface area contributed by atoms with Crippen LogP contribution in [0.3, 0.4) is 0 Å². The fourth-order valence-corrected chi connectivity index (χ4v) is 3.64. The van der Waals surface area contributed by atoms with Gasteiger partial charge >= 0.3 is 0 Å². The molecule has 0 radical (unpaired) electrons. The monoisotopic (exact) mass is 450 g/mol. The lowest BCUT2D eigenvalue weighted by atomic mass is 9.92. The second kappa shape index (κ2) is 9.89. The molecule has 1 aliphatic rings. The van der Waals surface area contributed by atoms with Crippen LogP contribution in [0.15, 0.2) is 30.3 Å². The van der Waals surface area contributed by atoms with Gasteiger partial charge in [0.05, 0.1) is 30.0 Å². The maximum absolute atomic E-state index is 14.6. The van der Waals surface area contributed by atoms with Crippen LogP contribution in [0.4, 0.5) is 24.5 Å². The van der Waals surface area contributed by atoms with Crippen molar-refractivity contribution >= 4 is 17.3 Å². The highest BCUT2D eigenvalue weighted by Gasteiger charge is 2.44. The van der Waals surface area contributed by atoms with Gasteiger partial charge in [0, 0.05) is 6.54 Å². The average molecular weight is 451 g/mol. The Morgan fingerprint density at radius 3 is 2.53 bits per heavy atom. The number of nitrogens with one attached hydrogen (secondary N) is 2. The van der Waals surface area contributed by atoms with Crippen molar-refractivity contribution in [1.82, 2.24) is 15.1 Å². The number of carbonyl (C=O) groups is 1. The van der Waals surface area contributed by atoms with Gasteiger partial charge in [-0.15, -0.1) is 0 Å². The molecule has 2 aromatic carbocycles. The first kappa shape index (κ1) is 24.0. The van der Waals surface area contributed by atoms with Crippen LogP contribution in [-0.2, 0) is 0 Å². The van der Waals surface area contributed by atoms with Crippen LogP contribution in [0.1, 0.15) is 22.3 Å². The second-order valence-corrected chi connectivity index (χ2v) is 8.61. The quantitative estimate of drug-likeness (QED) is 0.513. The summed E-state index contributed by atoms with van der Waals surface area (Å²) in [6.07, 6.45) is 0.922. The topological polar surface area (TPSA) is 67.8 Å². The molecular weight excluding hydrogens is 421 g/mol. The van der Waals surface area contributed by atoms with Gasteiger partial charge in [0.1, 0.15) is 11.4 Å². The highest BCUT2D eigenvalue weighted by molar-refractivity contribution is 6.01. The lowest BCUT2D eigenvalue weighted by Crippen LogP contribution is -2.67. The number of anilines is 2. The minimum absolute atomic E-state index is 0.0594. The summed E-state index contributed by atoms with van der Waals surface area (Å²) in [4.78, 5) is 16.4. The second-order valence-electron chi connectivity index (χ2n) is 8.61. The third-order valence-corrected chi connectivity index (χ3v) is 5.38. The summed E-state index contributed by atoms with van der Waals surface area (Å²) in [6, 6.07) is 6.28. The van der Waals surface area contributed by atoms with E-state index in [2.05, 4.69) is 15.5 Å². The van der Waals surface area contributed by atoms with E-state index in [0.29, 0.717) is 12.1 Å². The molecule has 0 saturated carbocycles. The fourth-order valence-electron chi connectivity index (χ4n) is 3.64. The van der Waals surface area contributed by atoms with Crippen molar-refractivity contribution < 1.29 is 23.1 Å². The highest BCUT2D eigenvalue weighted by Crippen LogP contribution is 2.31. The van der Waals surface area contributed by atoms with Crippen LogP contribution in [-0.4, -0.2) is 73.2 Å². The lowest BCUT2D eigenvalue weighted by Gasteiger charge is -2.46. The zero-order chi connectivity index (χ0) is 23.5. The third-order valence-electron chi connectivity index (χ3n) is 5.38. The smallest absolute Gasteiger partial charge is 0.256 e. The number of benzene rings is 2. The molecule has 9 heteroatoms. The Morgan fingerprint density at radius 2 is 1.88 bits per heavy atom. The number of carbonyl (C=O) groups excluding carboxylic acids is 1. The number of likely N-dealkylation sites (tertiary alicyclic amines) is 1. The summed E-state index contributed by atoms with van der Waals surface area (Å²) >= 11 is 0. The minimum Gasteiger partial charge on any atom is -0.385 e. The average Bonchev–Trinajstić information content (AvgIpc) is 2.70. The van der Waals surface area contributed by atoms with Crippen molar-refractivity contribution in [3.05, 3.63) is 58.9 Å². The Kier molecular flexibility index (Phi) is 7.43. The molecule has 32 heavy (non-hydrogen) atoms.